The highest BCUT2D eigenvalue weighted by Gasteiger charge is 2.20. The quantitative estimate of drug-likeness (QED) is 0.495. The summed E-state index contributed by atoms with van der Waals surface area (Å²) in [5.74, 6) is 0.829. The van der Waals surface area contributed by atoms with E-state index in [0.717, 1.165) is 28.9 Å². The number of aliphatic hydroxyl groups is 2. The van der Waals surface area contributed by atoms with E-state index in [2.05, 4.69) is 12.1 Å². The van der Waals surface area contributed by atoms with E-state index in [4.69, 9.17) is 4.74 Å². The zero-order valence-corrected chi connectivity index (χ0v) is 17.6. The van der Waals surface area contributed by atoms with Gasteiger partial charge in [0.25, 0.3) is 0 Å². The van der Waals surface area contributed by atoms with Crippen LogP contribution in [0.25, 0.3) is 0 Å². The number of hydrogen-bond acceptors (Lipinski definition) is 4. The van der Waals surface area contributed by atoms with E-state index < -0.39 is 11.7 Å². The molecule has 1 unspecified atom stereocenters. The largest absolute Gasteiger partial charge is 0.485 e. The summed E-state index contributed by atoms with van der Waals surface area (Å²) < 4.78 is 5.98. The van der Waals surface area contributed by atoms with Gasteiger partial charge in [-0.25, -0.2) is 0 Å². The molecule has 0 aliphatic rings. The van der Waals surface area contributed by atoms with Crippen molar-refractivity contribution in [3.8, 4) is 5.75 Å². The maximum atomic E-state index is 10.3. The normalized spacial score (nSPS) is 13.1. The summed E-state index contributed by atoms with van der Waals surface area (Å²) in [4.78, 5) is 1.19. The van der Waals surface area contributed by atoms with Crippen LogP contribution >= 0.6 is 11.8 Å². The van der Waals surface area contributed by atoms with E-state index in [9.17, 15) is 10.2 Å². The van der Waals surface area contributed by atoms with E-state index in [0.29, 0.717) is 0 Å². The maximum absolute atomic E-state index is 10.3. The van der Waals surface area contributed by atoms with Gasteiger partial charge in [0, 0.05) is 4.90 Å². The van der Waals surface area contributed by atoms with Gasteiger partial charge < -0.3 is 14.9 Å². The molecule has 0 amide bonds. The predicted octanol–water partition coefficient (Wildman–Crippen LogP) is 5.01. The van der Waals surface area contributed by atoms with Crippen molar-refractivity contribution in [1.82, 2.24) is 0 Å². The first kappa shape index (κ1) is 21.5. The number of ether oxygens (including phenoxy) is 1. The fourth-order valence-corrected chi connectivity index (χ4v) is 3.28. The Labute approximate surface area is 167 Å². The number of aliphatic hydroxyl groups excluding tert-OH is 2. The molecule has 0 aliphatic heterocycles. The van der Waals surface area contributed by atoms with Gasteiger partial charge in [-0.2, -0.15) is 0 Å². The van der Waals surface area contributed by atoms with Gasteiger partial charge in [0.1, 0.15) is 11.4 Å². The number of benzene rings is 2. The minimum atomic E-state index is -0.604. The highest BCUT2D eigenvalue weighted by molar-refractivity contribution is 7.98. The standard InChI is InChI=1S/C23H30O3S/c1-16-13-18(14-17(2)22(16)26-23(3,4)15-24)7-6-8-21(25)19-9-11-20(27-5)12-10-19/h6,8-14,21,24-25H,7,15H2,1-5H3/b8-6+. The molecular formula is C23H30O3S. The third-order valence-corrected chi connectivity index (χ3v) is 5.15. The first-order chi connectivity index (χ1) is 12.8. The average Bonchev–Trinajstić information content (AvgIpc) is 2.65. The monoisotopic (exact) mass is 386 g/mol. The highest BCUT2D eigenvalue weighted by atomic mass is 32.2. The predicted molar refractivity (Wildman–Crippen MR) is 114 cm³/mol. The fourth-order valence-electron chi connectivity index (χ4n) is 2.87. The van der Waals surface area contributed by atoms with Crippen molar-refractivity contribution in [2.75, 3.05) is 12.9 Å². The Bertz CT molecular complexity index is 756. The molecular weight excluding hydrogens is 356 g/mol. The molecule has 3 nitrogen and oxygen atoms in total. The van der Waals surface area contributed by atoms with Gasteiger partial charge in [-0.15, -0.1) is 11.8 Å². The molecule has 0 spiro atoms. The number of thioether (sulfide) groups is 1. The first-order valence-electron chi connectivity index (χ1n) is 9.14. The van der Waals surface area contributed by atoms with Crippen LogP contribution in [-0.2, 0) is 6.42 Å². The Balaban J connectivity index is 2.05. The lowest BCUT2D eigenvalue weighted by Gasteiger charge is -2.26. The van der Waals surface area contributed by atoms with Gasteiger partial charge in [-0.3, -0.25) is 0 Å². The van der Waals surface area contributed by atoms with Crippen LogP contribution in [0.2, 0.25) is 0 Å². The second kappa shape index (κ2) is 9.45. The molecule has 1 atom stereocenters. The molecule has 2 aromatic rings. The van der Waals surface area contributed by atoms with Crippen molar-refractivity contribution in [3.05, 3.63) is 70.8 Å². The third kappa shape index (κ3) is 6.13. The average molecular weight is 387 g/mol. The Morgan fingerprint density at radius 3 is 2.22 bits per heavy atom. The van der Waals surface area contributed by atoms with E-state index in [-0.39, 0.29) is 6.61 Å². The van der Waals surface area contributed by atoms with Gasteiger partial charge in [0.2, 0.25) is 0 Å². The van der Waals surface area contributed by atoms with Gasteiger partial charge in [-0.1, -0.05) is 36.4 Å². The maximum Gasteiger partial charge on any atom is 0.126 e. The second-order valence-electron chi connectivity index (χ2n) is 7.43. The van der Waals surface area contributed by atoms with E-state index in [1.54, 1.807) is 11.8 Å². The number of rotatable bonds is 8. The molecule has 2 N–H and O–H groups in total. The van der Waals surface area contributed by atoms with E-state index >= 15 is 0 Å². The summed E-state index contributed by atoms with van der Waals surface area (Å²) in [6.45, 7) is 7.74. The van der Waals surface area contributed by atoms with Crippen LogP contribution in [0.4, 0.5) is 0 Å². The molecule has 0 radical (unpaired) electrons. The lowest BCUT2D eigenvalue weighted by atomic mass is 10.0. The smallest absolute Gasteiger partial charge is 0.126 e. The Morgan fingerprint density at radius 2 is 1.70 bits per heavy atom. The van der Waals surface area contributed by atoms with Crippen LogP contribution in [0.1, 0.15) is 42.2 Å². The summed E-state index contributed by atoms with van der Waals surface area (Å²) in [6, 6.07) is 12.2. The second-order valence-corrected chi connectivity index (χ2v) is 8.31. The zero-order chi connectivity index (χ0) is 20.0. The molecule has 0 fully saturated rings. The minimum absolute atomic E-state index is 0.0355. The SMILES string of the molecule is CSc1ccc(C(O)/C=C/Cc2cc(C)c(OC(C)(C)CO)c(C)c2)cc1. The van der Waals surface area contributed by atoms with Crippen molar-refractivity contribution in [3.63, 3.8) is 0 Å². The third-order valence-electron chi connectivity index (χ3n) is 4.41. The van der Waals surface area contributed by atoms with Gasteiger partial charge in [-0.05, 0) is 74.8 Å². The summed E-state index contributed by atoms with van der Waals surface area (Å²) in [5, 5.41) is 19.8. The van der Waals surface area contributed by atoms with Crippen LogP contribution < -0.4 is 4.74 Å². The van der Waals surface area contributed by atoms with Crippen LogP contribution in [0, 0.1) is 13.8 Å². The fraction of sp³-hybridized carbons (Fsp3) is 0.391. The minimum Gasteiger partial charge on any atom is -0.485 e. The van der Waals surface area contributed by atoms with Gasteiger partial charge in [0.05, 0.1) is 12.7 Å². The number of allylic oxidation sites excluding steroid dienone is 1. The van der Waals surface area contributed by atoms with Crippen LogP contribution in [-0.4, -0.2) is 28.7 Å². The Morgan fingerprint density at radius 1 is 1.11 bits per heavy atom. The van der Waals surface area contributed by atoms with E-state index in [1.165, 1.54) is 10.5 Å². The Hall–Kier alpha value is -1.75. The van der Waals surface area contributed by atoms with Crippen molar-refractivity contribution in [2.24, 2.45) is 0 Å². The van der Waals surface area contributed by atoms with Crippen LogP contribution in [0.3, 0.4) is 0 Å². The molecule has 27 heavy (non-hydrogen) atoms. The topological polar surface area (TPSA) is 49.7 Å². The number of aryl methyl sites for hydroxylation is 2. The number of hydrogen-bond donors (Lipinski definition) is 2. The molecule has 0 aromatic heterocycles. The molecule has 0 aliphatic carbocycles. The van der Waals surface area contributed by atoms with E-state index in [1.807, 2.05) is 70.4 Å². The molecule has 0 bridgehead atoms. The molecule has 0 saturated heterocycles. The summed E-state index contributed by atoms with van der Waals surface area (Å²) in [5.41, 5.74) is 3.56. The van der Waals surface area contributed by atoms with Crippen molar-refractivity contribution >= 4 is 11.8 Å². The zero-order valence-electron chi connectivity index (χ0n) is 16.8. The molecule has 146 valence electrons. The summed E-state index contributed by atoms with van der Waals surface area (Å²) in [7, 11) is 0. The molecule has 0 saturated carbocycles. The molecule has 2 rings (SSSR count). The van der Waals surface area contributed by atoms with Crippen molar-refractivity contribution in [2.45, 2.75) is 50.7 Å². The summed E-state index contributed by atoms with van der Waals surface area (Å²) in [6.07, 6.45) is 6.01. The molecule has 4 heteroatoms. The van der Waals surface area contributed by atoms with Gasteiger partial charge >= 0.3 is 0 Å². The van der Waals surface area contributed by atoms with Crippen molar-refractivity contribution in [1.29, 1.82) is 0 Å². The van der Waals surface area contributed by atoms with Crippen molar-refractivity contribution < 1.29 is 14.9 Å². The van der Waals surface area contributed by atoms with Crippen LogP contribution in [0.5, 0.6) is 5.75 Å². The molecule has 2 aromatic carbocycles. The Kier molecular flexibility index (Phi) is 7.54. The highest BCUT2D eigenvalue weighted by Crippen LogP contribution is 2.29. The first-order valence-corrected chi connectivity index (χ1v) is 10.4. The van der Waals surface area contributed by atoms with Crippen LogP contribution in [0.15, 0.2) is 53.4 Å². The molecule has 0 heterocycles. The lowest BCUT2D eigenvalue weighted by Crippen LogP contribution is -2.33. The lowest BCUT2D eigenvalue weighted by molar-refractivity contribution is 0.0401. The summed E-state index contributed by atoms with van der Waals surface area (Å²) >= 11 is 1.69. The van der Waals surface area contributed by atoms with Gasteiger partial charge in [0.15, 0.2) is 0 Å².